The molecule has 1 aliphatic heterocycles. The zero-order chi connectivity index (χ0) is 15.9. The van der Waals surface area contributed by atoms with Crippen LogP contribution < -0.4 is 15.4 Å². The topological polar surface area (TPSA) is 103 Å². The first-order valence-electron chi connectivity index (χ1n) is 7.13. The quantitative estimate of drug-likeness (QED) is 0.639. The maximum Gasteiger partial charge on any atom is 0.412 e. The second kappa shape index (κ2) is 7.60. The number of amides is 1. The predicted molar refractivity (Wildman–Crippen MR) is 80.3 cm³/mol. The molecule has 0 radical (unpaired) electrons. The monoisotopic (exact) mass is 309 g/mol. The number of hydrogen-bond donors (Lipinski definition) is 2. The van der Waals surface area contributed by atoms with E-state index in [0.717, 1.165) is 25.9 Å². The summed E-state index contributed by atoms with van der Waals surface area (Å²) in [6, 6.07) is 4.25. The van der Waals surface area contributed by atoms with Crippen LogP contribution >= 0.6 is 0 Å². The molecule has 0 aromatic heterocycles. The van der Waals surface area contributed by atoms with Crippen LogP contribution in [0.15, 0.2) is 18.2 Å². The molecule has 1 aliphatic rings. The first-order valence-corrected chi connectivity index (χ1v) is 7.13. The van der Waals surface area contributed by atoms with E-state index in [0.29, 0.717) is 12.2 Å². The van der Waals surface area contributed by atoms with Gasteiger partial charge >= 0.3 is 6.09 Å². The number of carbonyl (C=O) groups excluding carboxylic acids is 1. The summed E-state index contributed by atoms with van der Waals surface area (Å²) in [6.07, 6.45) is 2.49. The Kier molecular flexibility index (Phi) is 5.54. The number of nitrogens with zero attached hydrogens (tertiary/aromatic N) is 1. The number of nitrogens with one attached hydrogen (secondary N) is 2. The van der Waals surface area contributed by atoms with Crippen molar-refractivity contribution >= 4 is 17.5 Å². The molecule has 2 rings (SSSR count). The number of rotatable bonds is 5. The molecule has 0 bridgehead atoms. The number of benzene rings is 1. The Bertz CT molecular complexity index is 543. The molecular weight excluding hydrogens is 290 g/mol. The molecule has 0 spiro atoms. The molecule has 8 heteroatoms. The molecular formula is C14H19N3O5. The van der Waals surface area contributed by atoms with Gasteiger partial charge < -0.3 is 20.1 Å². The van der Waals surface area contributed by atoms with Gasteiger partial charge in [-0.1, -0.05) is 0 Å². The fourth-order valence-electron chi connectivity index (χ4n) is 2.23. The minimum atomic E-state index is -0.675. The molecule has 1 atom stereocenters. The summed E-state index contributed by atoms with van der Waals surface area (Å²) >= 11 is 0. The summed E-state index contributed by atoms with van der Waals surface area (Å²) in [5, 5.41) is 16.5. The Morgan fingerprint density at radius 3 is 2.95 bits per heavy atom. The van der Waals surface area contributed by atoms with Gasteiger partial charge in [0.25, 0.3) is 5.69 Å². The fourth-order valence-corrected chi connectivity index (χ4v) is 2.23. The highest BCUT2D eigenvalue weighted by atomic mass is 16.6. The van der Waals surface area contributed by atoms with E-state index >= 15 is 0 Å². The van der Waals surface area contributed by atoms with Gasteiger partial charge in [0, 0.05) is 20.2 Å². The highest BCUT2D eigenvalue weighted by molar-refractivity contribution is 5.72. The second-order valence-corrected chi connectivity index (χ2v) is 4.95. The molecule has 1 aromatic rings. The summed E-state index contributed by atoms with van der Waals surface area (Å²) in [7, 11) is 1.41. The van der Waals surface area contributed by atoms with E-state index in [-0.39, 0.29) is 17.5 Å². The van der Waals surface area contributed by atoms with Gasteiger partial charge in [-0.15, -0.1) is 0 Å². The molecule has 120 valence electrons. The van der Waals surface area contributed by atoms with Crippen molar-refractivity contribution in [2.45, 2.75) is 25.4 Å². The molecule has 1 amide bonds. The molecule has 0 aliphatic carbocycles. The normalized spacial score (nSPS) is 17.6. The lowest BCUT2D eigenvalue weighted by atomic mass is 10.1. The molecule has 0 saturated carbocycles. The molecule has 1 unspecified atom stereocenters. The van der Waals surface area contributed by atoms with E-state index in [4.69, 9.17) is 9.47 Å². The van der Waals surface area contributed by atoms with Crippen LogP contribution in [0.4, 0.5) is 16.2 Å². The average molecular weight is 309 g/mol. The SMILES string of the molecule is CNC(=O)Oc1ccc(NCC2CCCCO2)c([N+](=O)[O-])c1. The van der Waals surface area contributed by atoms with Crippen molar-refractivity contribution in [2.24, 2.45) is 0 Å². The van der Waals surface area contributed by atoms with Crippen molar-refractivity contribution in [3.63, 3.8) is 0 Å². The summed E-state index contributed by atoms with van der Waals surface area (Å²) < 4.78 is 10.5. The highest BCUT2D eigenvalue weighted by Gasteiger charge is 2.19. The van der Waals surface area contributed by atoms with E-state index in [1.165, 1.54) is 25.2 Å². The maximum absolute atomic E-state index is 11.2. The largest absolute Gasteiger partial charge is 0.412 e. The van der Waals surface area contributed by atoms with Gasteiger partial charge in [-0.3, -0.25) is 10.1 Å². The Balaban J connectivity index is 2.05. The van der Waals surface area contributed by atoms with Gasteiger partial charge in [-0.05, 0) is 31.4 Å². The summed E-state index contributed by atoms with van der Waals surface area (Å²) in [4.78, 5) is 21.8. The molecule has 1 saturated heterocycles. The number of nitro benzene ring substituents is 1. The van der Waals surface area contributed by atoms with E-state index < -0.39 is 11.0 Å². The third kappa shape index (κ3) is 4.32. The number of carbonyl (C=O) groups is 1. The molecule has 1 heterocycles. The Morgan fingerprint density at radius 2 is 2.32 bits per heavy atom. The molecule has 1 aromatic carbocycles. The Hall–Kier alpha value is -2.35. The van der Waals surface area contributed by atoms with Crippen LogP contribution in [0.5, 0.6) is 5.75 Å². The molecule has 1 fully saturated rings. The third-order valence-corrected chi connectivity index (χ3v) is 3.37. The van der Waals surface area contributed by atoms with E-state index in [9.17, 15) is 14.9 Å². The lowest BCUT2D eigenvalue weighted by molar-refractivity contribution is -0.384. The van der Waals surface area contributed by atoms with Crippen molar-refractivity contribution in [3.05, 3.63) is 28.3 Å². The smallest absolute Gasteiger partial charge is 0.410 e. The first kappa shape index (κ1) is 16.0. The minimum absolute atomic E-state index is 0.0650. The highest BCUT2D eigenvalue weighted by Crippen LogP contribution is 2.29. The van der Waals surface area contributed by atoms with Crippen molar-refractivity contribution in [3.8, 4) is 5.75 Å². The Labute approximate surface area is 127 Å². The summed E-state index contributed by atoms with van der Waals surface area (Å²) in [6.45, 7) is 1.24. The standard InChI is InChI=1S/C14H19N3O5/c1-15-14(18)22-10-5-6-12(13(8-10)17(19)20)16-9-11-4-2-3-7-21-11/h5-6,8,11,16H,2-4,7,9H2,1H3,(H,15,18). The van der Waals surface area contributed by atoms with E-state index in [2.05, 4.69) is 10.6 Å². The van der Waals surface area contributed by atoms with E-state index in [1.807, 2.05) is 0 Å². The van der Waals surface area contributed by atoms with E-state index in [1.54, 1.807) is 0 Å². The summed E-state index contributed by atoms with van der Waals surface area (Å²) in [5.41, 5.74) is 0.237. The van der Waals surface area contributed by atoms with Crippen LogP contribution in [-0.2, 0) is 4.74 Å². The maximum atomic E-state index is 11.2. The fraction of sp³-hybridized carbons (Fsp3) is 0.500. The van der Waals surface area contributed by atoms with Crippen molar-refractivity contribution < 1.29 is 19.2 Å². The predicted octanol–water partition coefficient (Wildman–Crippen LogP) is 2.29. The van der Waals surface area contributed by atoms with Crippen LogP contribution in [0.3, 0.4) is 0 Å². The zero-order valence-corrected chi connectivity index (χ0v) is 12.3. The van der Waals surface area contributed by atoms with Crippen LogP contribution in [0.2, 0.25) is 0 Å². The third-order valence-electron chi connectivity index (χ3n) is 3.37. The lowest BCUT2D eigenvalue weighted by Crippen LogP contribution is -2.27. The number of hydrogen-bond acceptors (Lipinski definition) is 6. The number of ether oxygens (including phenoxy) is 2. The van der Waals surface area contributed by atoms with Gasteiger partial charge in [-0.25, -0.2) is 4.79 Å². The lowest BCUT2D eigenvalue weighted by Gasteiger charge is -2.23. The molecule has 8 nitrogen and oxygen atoms in total. The van der Waals surface area contributed by atoms with Crippen LogP contribution in [0.1, 0.15) is 19.3 Å². The summed E-state index contributed by atoms with van der Waals surface area (Å²) in [5.74, 6) is 0.116. The molecule has 22 heavy (non-hydrogen) atoms. The van der Waals surface area contributed by atoms with Crippen LogP contribution in [0.25, 0.3) is 0 Å². The van der Waals surface area contributed by atoms with Crippen molar-refractivity contribution in [1.82, 2.24) is 5.32 Å². The molecule has 2 N–H and O–H groups in total. The zero-order valence-electron chi connectivity index (χ0n) is 12.3. The van der Waals surface area contributed by atoms with Crippen LogP contribution in [0, 0.1) is 10.1 Å². The van der Waals surface area contributed by atoms with Gasteiger partial charge in [0.1, 0.15) is 11.4 Å². The minimum Gasteiger partial charge on any atom is -0.410 e. The van der Waals surface area contributed by atoms with Gasteiger partial charge in [-0.2, -0.15) is 0 Å². The van der Waals surface area contributed by atoms with Crippen molar-refractivity contribution in [1.29, 1.82) is 0 Å². The van der Waals surface area contributed by atoms with Gasteiger partial charge in [0.05, 0.1) is 17.1 Å². The first-order chi connectivity index (χ1) is 10.6. The average Bonchev–Trinajstić information content (AvgIpc) is 2.54. The Morgan fingerprint density at radius 1 is 1.50 bits per heavy atom. The van der Waals surface area contributed by atoms with Crippen LogP contribution in [-0.4, -0.2) is 37.3 Å². The second-order valence-electron chi connectivity index (χ2n) is 4.95. The number of anilines is 1. The van der Waals surface area contributed by atoms with Gasteiger partial charge in [0.2, 0.25) is 0 Å². The van der Waals surface area contributed by atoms with Gasteiger partial charge in [0.15, 0.2) is 0 Å². The number of nitro groups is 1. The van der Waals surface area contributed by atoms with Crippen molar-refractivity contribution in [2.75, 3.05) is 25.5 Å².